The summed E-state index contributed by atoms with van der Waals surface area (Å²) in [5.74, 6) is 8.00. The Balaban J connectivity index is -0.000000281. The predicted molar refractivity (Wildman–Crippen MR) is 98.5 cm³/mol. The molecule has 0 amide bonds. The maximum Gasteiger partial charge on any atom is 0.0558 e. The molecule has 0 heterocycles. The molecule has 13 N–H and O–H groups in total. The Morgan fingerprint density at radius 1 is 0.708 bits per heavy atom. The van der Waals surface area contributed by atoms with Gasteiger partial charge in [0.15, 0.2) is 0 Å². The first kappa shape index (κ1) is 27.7. The number of nitrogens with zero attached hydrogens (tertiary/aromatic N) is 1. The Labute approximate surface area is 145 Å². The summed E-state index contributed by atoms with van der Waals surface area (Å²) in [6, 6.07) is 9.99. The summed E-state index contributed by atoms with van der Waals surface area (Å²) >= 11 is 0. The standard InChI is InChI=1S/C7H9N.C6H15NO3.C2H8N2.H4N2/c8-6-7-4-2-1-3-5-7;8-4-1-7(2-5-9)3-6-10;3-1-2-4;1-2/h1-5H,6,8H2;8-10H,1-6H2;1-4H2;1-2H2. The van der Waals surface area contributed by atoms with E-state index in [4.69, 9.17) is 32.5 Å². The lowest BCUT2D eigenvalue weighted by Crippen LogP contribution is -2.32. The monoisotopic (exact) mass is 348 g/mol. The number of hydrogen-bond acceptors (Lipinski definition) is 9. The molecule has 0 atom stereocenters. The summed E-state index contributed by atoms with van der Waals surface area (Å²) in [7, 11) is 0. The second kappa shape index (κ2) is 26.7. The highest BCUT2D eigenvalue weighted by Crippen LogP contribution is 1.94. The fourth-order valence-corrected chi connectivity index (χ4v) is 1.37. The van der Waals surface area contributed by atoms with Crippen LogP contribution in [0.3, 0.4) is 0 Å². The van der Waals surface area contributed by atoms with Gasteiger partial charge in [0, 0.05) is 39.3 Å². The average molecular weight is 348 g/mol. The highest BCUT2D eigenvalue weighted by molar-refractivity contribution is 5.13. The maximum absolute atomic E-state index is 8.48. The van der Waals surface area contributed by atoms with E-state index in [1.165, 1.54) is 5.56 Å². The molecule has 1 aromatic carbocycles. The second-order valence-corrected chi connectivity index (χ2v) is 4.28. The molecule has 9 heteroatoms. The van der Waals surface area contributed by atoms with Gasteiger partial charge in [-0.1, -0.05) is 30.3 Å². The summed E-state index contributed by atoms with van der Waals surface area (Å²) < 4.78 is 0. The van der Waals surface area contributed by atoms with Crippen molar-refractivity contribution < 1.29 is 15.3 Å². The number of hydrazine groups is 1. The zero-order valence-corrected chi connectivity index (χ0v) is 14.4. The van der Waals surface area contributed by atoms with Crippen molar-refractivity contribution in [2.24, 2.45) is 28.9 Å². The Kier molecular flexibility index (Phi) is 30.9. The molecule has 9 nitrogen and oxygen atoms in total. The Morgan fingerprint density at radius 2 is 1.08 bits per heavy atom. The van der Waals surface area contributed by atoms with Crippen LogP contribution in [0.15, 0.2) is 30.3 Å². The van der Waals surface area contributed by atoms with E-state index in [2.05, 4.69) is 11.7 Å². The minimum atomic E-state index is 0.0694. The number of hydrogen-bond donors (Lipinski definition) is 8. The number of nitrogens with two attached hydrogens (primary N) is 5. The van der Waals surface area contributed by atoms with E-state index in [0.717, 1.165) is 0 Å². The van der Waals surface area contributed by atoms with Crippen LogP contribution in [0.5, 0.6) is 0 Å². The van der Waals surface area contributed by atoms with Crippen LogP contribution in [0.4, 0.5) is 0 Å². The molecule has 0 aliphatic heterocycles. The van der Waals surface area contributed by atoms with Gasteiger partial charge in [-0.25, -0.2) is 0 Å². The third kappa shape index (κ3) is 23.1. The quantitative estimate of drug-likeness (QED) is 0.180. The first-order chi connectivity index (χ1) is 11.7. The molecular formula is C15H36N6O3. The van der Waals surface area contributed by atoms with Crippen molar-refractivity contribution in [2.45, 2.75) is 6.54 Å². The van der Waals surface area contributed by atoms with Gasteiger partial charge in [0.2, 0.25) is 0 Å². The highest BCUT2D eigenvalue weighted by Gasteiger charge is 2.00. The van der Waals surface area contributed by atoms with Crippen molar-refractivity contribution in [3.63, 3.8) is 0 Å². The highest BCUT2D eigenvalue weighted by atomic mass is 16.3. The van der Waals surface area contributed by atoms with Gasteiger partial charge in [0.25, 0.3) is 0 Å². The SMILES string of the molecule is NCCN.NCc1ccccc1.NN.OCCN(CCO)CCO. The van der Waals surface area contributed by atoms with Crippen LogP contribution in [-0.4, -0.2) is 72.8 Å². The number of rotatable bonds is 8. The summed E-state index contributed by atoms with van der Waals surface area (Å²) in [6.45, 7) is 3.59. The molecule has 0 saturated heterocycles. The van der Waals surface area contributed by atoms with Gasteiger partial charge in [-0.15, -0.1) is 0 Å². The lowest BCUT2D eigenvalue weighted by molar-refractivity contribution is 0.136. The lowest BCUT2D eigenvalue weighted by Gasteiger charge is -2.17. The number of aliphatic hydroxyl groups excluding tert-OH is 3. The van der Waals surface area contributed by atoms with Gasteiger partial charge in [0.1, 0.15) is 0 Å². The van der Waals surface area contributed by atoms with E-state index in [-0.39, 0.29) is 19.8 Å². The van der Waals surface area contributed by atoms with Gasteiger partial charge < -0.3 is 32.5 Å². The van der Waals surface area contributed by atoms with E-state index < -0.39 is 0 Å². The molecule has 0 bridgehead atoms. The van der Waals surface area contributed by atoms with Crippen LogP contribution < -0.4 is 28.9 Å². The van der Waals surface area contributed by atoms with Crippen molar-refractivity contribution in [2.75, 3.05) is 52.5 Å². The molecule has 1 rings (SSSR count). The fraction of sp³-hybridized carbons (Fsp3) is 0.600. The topological polar surface area (TPSA) is 194 Å². The zero-order chi connectivity index (χ0) is 19.1. The molecular weight excluding hydrogens is 312 g/mol. The summed E-state index contributed by atoms with van der Waals surface area (Å²) in [4.78, 5) is 1.79. The van der Waals surface area contributed by atoms with Crippen molar-refractivity contribution in [3.05, 3.63) is 35.9 Å². The largest absolute Gasteiger partial charge is 0.395 e. The summed E-state index contributed by atoms with van der Waals surface area (Å²) in [6.07, 6.45) is 0. The molecule has 24 heavy (non-hydrogen) atoms. The maximum atomic E-state index is 8.48. The molecule has 0 aliphatic rings. The number of aliphatic hydroxyl groups is 3. The van der Waals surface area contributed by atoms with Crippen molar-refractivity contribution >= 4 is 0 Å². The molecule has 1 aromatic rings. The molecule has 0 aromatic heterocycles. The van der Waals surface area contributed by atoms with Gasteiger partial charge in [0.05, 0.1) is 19.8 Å². The zero-order valence-electron chi connectivity index (χ0n) is 14.4. The first-order valence-corrected chi connectivity index (χ1v) is 7.72. The molecule has 0 radical (unpaired) electrons. The van der Waals surface area contributed by atoms with Crippen LogP contribution >= 0.6 is 0 Å². The summed E-state index contributed by atoms with van der Waals surface area (Å²) in [5.41, 5.74) is 16.3. The van der Waals surface area contributed by atoms with E-state index >= 15 is 0 Å². The smallest absolute Gasteiger partial charge is 0.0558 e. The second-order valence-electron chi connectivity index (χ2n) is 4.28. The predicted octanol–water partition coefficient (Wildman–Crippen LogP) is -2.87. The Morgan fingerprint density at radius 3 is 1.29 bits per heavy atom. The third-order valence-corrected chi connectivity index (χ3v) is 2.49. The van der Waals surface area contributed by atoms with E-state index in [1.807, 2.05) is 30.3 Å². The third-order valence-electron chi connectivity index (χ3n) is 2.49. The van der Waals surface area contributed by atoms with E-state index in [1.54, 1.807) is 4.90 Å². The van der Waals surface area contributed by atoms with E-state index in [0.29, 0.717) is 39.3 Å². The molecule has 144 valence electrons. The van der Waals surface area contributed by atoms with Crippen LogP contribution in [0.2, 0.25) is 0 Å². The first-order valence-electron chi connectivity index (χ1n) is 7.72. The van der Waals surface area contributed by atoms with Crippen LogP contribution in [-0.2, 0) is 6.54 Å². The molecule has 0 aliphatic carbocycles. The van der Waals surface area contributed by atoms with E-state index in [9.17, 15) is 0 Å². The van der Waals surface area contributed by atoms with Crippen LogP contribution in [0.1, 0.15) is 5.56 Å². The molecule has 0 unspecified atom stereocenters. The van der Waals surface area contributed by atoms with Crippen LogP contribution in [0.25, 0.3) is 0 Å². The van der Waals surface area contributed by atoms with Gasteiger partial charge in [-0.05, 0) is 5.56 Å². The molecule has 0 saturated carbocycles. The normalized spacial score (nSPS) is 9.04. The number of benzene rings is 1. The van der Waals surface area contributed by atoms with Crippen molar-refractivity contribution in [1.82, 2.24) is 4.90 Å². The molecule has 0 spiro atoms. The van der Waals surface area contributed by atoms with Gasteiger partial charge >= 0.3 is 0 Å². The van der Waals surface area contributed by atoms with Gasteiger partial charge in [-0.2, -0.15) is 0 Å². The van der Waals surface area contributed by atoms with Crippen molar-refractivity contribution in [1.29, 1.82) is 0 Å². The average Bonchev–Trinajstić information content (AvgIpc) is 2.65. The van der Waals surface area contributed by atoms with Gasteiger partial charge in [-0.3, -0.25) is 16.6 Å². The Bertz CT molecular complexity index is 290. The summed E-state index contributed by atoms with van der Waals surface area (Å²) in [5, 5.41) is 25.5. The lowest BCUT2D eigenvalue weighted by atomic mass is 10.2. The fourth-order valence-electron chi connectivity index (χ4n) is 1.37. The minimum Gasteiger partial charge on any atom is -0.395 e. The molecule has 0 fully saturated rings. The van der Waals surface area contributed by atoms with Crippen molar-refractivity contribution in [3.8, 4) is 0 Å². The Hall–Kier alpha value is -1.14. The van der Waals surface area contributed by atoms with Crippen LogP contribution in [0, 0.1) is 0 Å². The minimum absolute atomic E-state index is 0.0694.